The second-order valence-corrected chi connectivity index (χ2v) is 9.73. The van der Waals surface area contributed by atoms with Crippen molar-refractivity contribution >= 4 is 17.1 Å². The molecule has 1 saturated heterocycles. The SMILES string of the molecule is Cc1cc(C)n(-c2cccc(C(=O)N3CCC(n4c(C5CCC5)nc5cccnc54)CC3)c2)n1. The Labute approximate surface area is 199 Å². The van der Waals surface area contributed by atoms with Crippen LogP contribution < -0.4 is 0 Å². The molecule has 174 valence electrons. The van der Waals surface area contributed by atoms with Crippen molar-refractivity contribution in [1.29, 1.82) is 0 Å². The van der Waals surface area contributed by atoms with Gasteiger partial charge in [-0.15, -0.1) is 0 Å². The van der Waals surface area contributed by atoms with E-state index in [9.17, 15) is 4.79 Å². The molecular formula is C27H30N6O. The summed E-state index contributed by atoms with van der Waals surface area (Å²) in [5.74, 6) is 1.84. The van der Waals surface area contributed by atoms with E-state index in [2.05, 4.69) is 20.7 Å². The Morgan fingerprint density at radius 2 is 1.82 bits per heavy atom. The Morgan fingerprint density at radius 1 is 1.00 bits per heavy atom. The number of pyridine rings is 1. The minimum Gasteiger partial charge on any atom is -0.338 e. The van der Waals surface area contributed by atoms with Crippen LogP contribution in [0.15, 0.2) is 48.7 Å². The Hall–Kier alpha value is -3.48. The number of hydrogen-bond acceptors (Lipinski definition) is 4. The number of benzene rings is 1. The highest BCUT2D eigenvalue weighted by Gasteiger charge is 2.32. The molecule has 7 nitrogen and oxygen atoms in total. The van der Waals surface area contributed by atoms with Gasteiger partial charge in [0.25, 0.3) is 5.91 Å². The summed E-state index contributed by atoms with van der Waals surface area (Å²) in [6.07, 6.45) is 7.41. The first kappa shape index (κ1) is 21.1. The van der Waals surface area contributed by atoms with Gasteiger partial charge in [0.1, 0.15) is 11.3 Å². The maximum atomic E-state index is 13.4. The monoisotopic (exact) mass is 454 g/mol. The molecule has 7 heteroatoms. The summed E-state index contributed by atoms with van der Waals surface area (Å²) < 4.78 is 4.29. The molecule has 4 aromatic rings. The first-order valence-corrected chi connectivity index (χ1v) is 12.3. The summed E-state index contributed by atoms with van der Waals surface area (Å²) in [6, 6.07) is 14.2. The number of likely N-dealkylation sites (tertiary alicyclic amines) is 1. The van der Waals surface area contributed by atoms with Crippen molar-refractivity contribution in [2.75, 3.05) is 13.1 Å². The summed E-state index contributed by atoms with van der Waals surface area (Å²) in [7, 11) is 0. The molecule has 4 heterocycles. The molecule has 3 aromatic heterocycles. The Kier molecular flexibility index (Phi) is 5.20. The van der Waals surface area contributed by atoms with Gasteiger partial charge < -0.3 is 9.47 Å². The lowest BCUT2D eigenvalue weighted by Gasteiger charge is -2.35. The molecule has 0 spiro atoms. The number of fused-ring (bicyclic) bond motifs is 1. The molecule has 2 aliphatic rings. The first-order valence-electron chi connectivity index (χ1n) is 12.3. The van der Waals surface area contributed by atoms with Crippen molar-refractivity contribution in [2.24, 2.45) is 0 Å². The molecule has 0 radical (unpaired) electrons. The summed E-state index contributed by atoms with van der Waals surface area (Å²) in [5.41, 5.74) is 5.65. The lowest BCUT2D eigenvalue weighted by molar-refractivity contribution is 0.0694. The van der Waals surface area contributed by atoms with Gasteiger partial charge in [0.15, 0.2) is 5.65 Å². The van der Waals surface area contributed by atoms with E-state index >= 15 is 0 Å². The molecule has 1 aliphatic carbocycles. The van der Waals surface area contributed by atoms with Crippen LogP contribution in [0.3, 0.4) is 0 Å². The van der Waals surface area contributed by atoms with Crippen LogP contribution in [0.5, 0.6) is 0 Å². The lowest BCUT2D eigenvalue weighted by Crippen LogP contribution is -2.39. The molecule has 0 atom stereocenters. The smallest absolute Gasteiger partial charge is 0.253 e. The van der Waals surface area contributed by atoms with Crippen molar-refractivity contribution in [3.05, 3.63) is 71.4 Å². The predicted molar refractivity (Wildman–Crippen MR) is 131 cm³/mol. The van der Waals surface area contributed by atoms with Gasteiger partial charge in [-0.3, -0.25) is 4.79 Å². The molecule has 6 rings (SSSR count). The van der Waals surface area contributed by atoms with E-state index < -0.39 is 0 Å². The lowest BCUT2D eigenvalue weighted by atomic mass is 9.84. The Balaban J connectivity index is 1.21. The van der Waals surface area contributed by atoms with Crippen LogP contribution in [0.1, 0.15) is 71.6 Å². The minimum absolute atomic E-state index is 0.0923. The molecule has 34 heavy (non-hydrogen) atoms. The normalized spacial score (nSPS) is 17.3. The van der Waals surface area contributed by atoms with Crippen LogP contribution in [-0.2, 0) is 0 Å². The number of nitrogens with zero attached hydrogens (tertiary/aromatic N) is 6. The third-order valence-corrected chi connectivity index (χ3v) is 7.41. The predicted octanol–water partition coefficient (Wildman–Crippen LogP) is 4.98. The number of aryl methyl sites for hydroxylation is 2. The fourth-order valence-corrected chi connectivity index (χ4v) is 5.43. The van der Waals surface area contributed by atoms with E-state index in [0.29, 0.717) is 17.5 Å². The zero-order valence-electron chi connectivity index (χ0n) is 19.8. The van der Waals surface area contributed by atoms with Crippen LogP contribution in [0, 0.1) is 13.8 Å². The summed E-state index contributed by atoms with van der Waals surface area (Å²) in [6.45, 7) is 5.50. The van der Waals surface area contributed by atoms with Gasteiger partial charge in [0.2, 0.25) is 0 Å². The molecule has 1 saturated carbocycles. The van der Waals surface area contributed by atoms with Gasteiger partial charge in [-0.2, -0.15) is 5.10 Å². The fraction of sp³-hybridized carbons (Fsp3) is 0.407. The quantitative estimate of drug-likeness (QED) is 0.436. The van der Waals surface area contributed by atoms with Crippen molar-refractivity contribution in [3.63, 3.8) is 0 Å². The van der Waals surface area contributed by atoms with Gasteiger partial charge >= 0.3 is 0 Å². The molecule has 0 unspecified atom stereocenters. The van der Waals surface area contributed by atoms with Crippen LogP contribution >= 0.6 is 0 Å². The summed E-state index contributed by atoms with van der Waals surface area (Å²) in [5, 5.41) is 4.57. The van der Waals surface area contributed by atoms with Crippen LogP contribution in [0.4, 0.5) is 0 Å². The van der Waals surface area contributed by atoms with Gasteiger partial charge in [-0.05, 0) is 75.9 Å². The number of carbonyl (C=O) groups is 1. The minimum atomic E-state index is 0.0923. The van der Waals surface area contributed by atoms with Gasteiger partial charge in [0.05, 0.1) is 11.4 Å². The maximum absolute atomic E-state index is 13.4. The Bertz CT molecular complexity index is 1360. The van der Waals surface area contributed by atoms with Gasteiger partial charge in [0, 0.05) is 42.5 Å². The zero-order valence-corrected chi connectivity index (χ0v) is 19.8. The number of hydrogen-bond donors (Lipinski definition) is 0. The average molecular weight is 455 g/mol. The van der Waals surface area contributed by atoms with Crippen molar-refractivity contribution < 1.29 is 4.79 Å². The molecular weight excluding hydrogens is 424 g/mol. The number of carbonyl (C=O) groups excluding carboxylic acids is 1. The number of aromatic nitrogens is 5. The number of rotatable bonds is 4. The van der Waals surface area contributed by atoms with E-state index in [1.807, 2.05) is 66.0 Å². The topological polar surface area (TPSA) is 68.8 Å². The Morgan fingerprint density at radius 3 is 2.53 bits per heavy atom. The highest BCUT2D eigenvalue weighted by atomic mass is 16.2. The van der Waals surface area contributed by atoms with Crippen LogP contribution in [-0.4, -0.2) is 48.2 Å². The summed E-state index contributed by atoms with van der Waals surface area (Å²) >= 11 is 0. The van der Waals surface area contributed by atoms with Crippen molar-refractivity contribution in [1.82, 2.24) is 29.2 Å². The van der Waals surface area contributed by atoms with Crippen molar-refractivity contribution in [3.8, 4) is 5.69 Å². The first-order chi connectivity index (χ1) is 16.6. The third-order valence-electron chi connectivity index (χ3n) is 7.41. The van der Waals surface area contributed by atoms with E-state index in [1.165, 1.54) is 25.1 Å². The summed E-state index contributed by atoms with van der Waals surface area (Å²) in [4.78, 5) is 25.0. The average Bonchev–Trinajstić information content (AvgIpc) is 3.36. The van der Waals surface area contributed by atoms with Gasteiger partial charge in [-0.1, -0.05) is 12.5 Å². The molecule has 0 N–H and O–H groups in total. The second kappa shape index (κ2) is 8.38. The highest BCUT2D eigenvalue weighted by Crippen LogP contribution is 2.39. The number of amides is 1. The molecule has 1 aromatic carbocycles. The highest BCUT2D eigenvalue weighted by molar-refractivity contribution is 5.94. The molecule has 1 amide bonds. The van der Waals surface area contributed by atoms with Crippen LogP contribution in [0.25, 0.3) is 16.9 Å². The van der Waals surface area contributed by atoms with E-state index in [4.69, 9.17) is 4.98 Å². The fourth-order valence-electron chi connectivity index (χ4n) is 5.43. The maximum Gasteiger partial charge on any atom is 0.253 e. The standard InChI is InChI=1S/C27H30N6O/c1-18-16-19(2)33(30-18)23-9-4-8-21(17-23)27(34)31-14-11-22(12-15-31)32-25(20-6-3-7-20)29-24-10-5-13-28-26(24)32/h4-5,8-10,13,16-17,20,22H,3,6-7,11-12,14-15H2,1-2H3. The zero-order chi connectivity index (χ0) is 23.2. The largest absolute Gasteiger partial charge is 0.338 e. The second-order valence-electron chi connectivity index (χ2n) is 9.73. The van der Waals surface area contributed by atoms with Gasteiger partial charge in [-0.25, -0.2) is 14.6 Å². The third kappa shape index (κ3) is 3.59. The molecule has 1 aliphatic heterocycles. The van der Waals surface area contributed by atoms with E-state index in [0.717, 1.165) is 54.2 Å². The number of imidazole rings is 1. The van der Waals surface area contributed by atoms with E-state index in [1.54, 1.807) is 0 Å². The molecule has 0 bridgehead atoms. The van der Waals surface area contributed by atoms with E-state index in [-0.39, 0.29) is 5.91 Å². The number of piperidine rings is 1. The van der Waals surface area contributed by atoms with Crippen molar-refractivity contribution in [2.45, 2.75) is 57.9 Å². The van der Waals surface area contributed by atoms with Crippen LogP contribution in [0.2, 0.25) is 0 Å². The molecule has 2 fully saturated rings.